The first-order chi connectivity index (χ1) is 12.6. The number of pyridine rings is 1. The number of aromatic nitrogens is 3. The van der Waals surface area contributed by atoms with Crippen LogP contribution in [0.25, 0.3) is 0 Å². The van der Waals surface area contributed by atoms with E-state index in [1.807, 2.05) is 12.4 Å². The predicted molar refractivity (Wildman–Crippen MR) is 97.2 cm³/mol. The molecule has 2 aromatic rings. The number of carbonyl (C=O) groups excluding carboxylic acids is 1. The average molecular weight is 353 g/mol. The molecule has 0 radical (unpaired) electrons. The molecule has 7 heteroatoms. The number of nitrogens with zero attached hydrogens (tertiary/aromatic N) is 4. The first-order valence-electron chi connectivity index (χ1n) is 9.08. The summed E-state index contributed by atoms with van der Waals surface area (Å²) in [5.41, 5.74) is 4.42. The molecule has 1 amide bonds. The molecule has 0 fully saturated rings. The van der Waals surface area contributed by atoms with Crippen LogP contribution in [0, 0.1) is 0 Å². The molecule has 0 aromatic carbocycles. The van der Waals surface area contributed by atoms with E-state index >= 15 is 0 Å². The van der Waals surface area contributed by atoms with Crippen molar-refractivity contribution in [1.29, 1.82) is 0 Å². The lowest BCUT2D eigenvalue weighted by Crippen LogP contribution is -2.29. The van der Waals surface area contributed by atoms with E-state index in [4.69, 9.17) is 4.74 Å². The molecule has 4 heterocycles. The van der Waals surface area contributed by atoms with Crippen LogP contribution < -0.4 is 10.1 Å². The Morgan fingerprint density at radius 1 is 1.19 bits per heavy atom. The van der Waals surface area contributed by atoms with Crippen LogP contribution in [0.1, 0.15) is 42.4 Å². The summed E-state index contributed by atoms with van der Waals surface area (Å²) in [5.74, 6) is 1.16. The normalized spacial score (nSPS) is 17.6. The zero-order valence-corrected chi connectivity index (χ0v) is 15.2. The number of fused-ring (bicyclic) bond motifs is 2. The lowest BCUT2D eigenvalue weighted by atomic mass is 10.1. The van der Waals surface area contributed by atoms with Gasteiger partial charge in [0.05, 0.1) is 18.0 Å². The molecule has 136 valence electrons. The number of rotatable bonds is 3. The standard InChI is InChI=1S/C19H23N5O2/c1-12(15-9-18-17(20-11-15)5-8-26-18)24-6-3-14-10-21-19(22-13(2)25)23-16(14)4-7-24/h9-12H,3-8H2,1-2H3,(H,21,22,23,25). The molecule has 4 rings (SSSR count). The average Bonchev–Trinajstić information content (AvgIpc) is 2.99. The molecule has 26 heavy (non-hydrogen) atoms. The lowest BCUT2D eigenvalue weighted by molar-refractivity contribution is -0.114. The topological polar surface area (TPSA) is 80.2 Å². The summed E-state index contributed by atoms with van der Waals surface area (Å²) in [6.07, 6.45) is 6.45. The van der Waals surface area contributed by atoms with Crippen molar-refractivity contribution < 1.29 is 9.53 Å². The molecular formula is C19H23N5O2. The zero-order valence-electron chi connectivity index (χ0n) is 15.2. The highest BCUT2D eigenvalue weighted by Crippen LogP contribution is 2.29. The number of carbonyl (C=O) groups is 1. The van der Waals surface area contributed by atoms with E-state index in [1.54, 1.807) is 0 Å². The predicted octanol–water partition coefficient (Wildman–Crippen LogP) is 1.93. The van der Waals surface area contributed by atoms with Crippen molar-refractivity contribution in [3.05, 3.63) is 41.0 Å². The smallest absolute Gasteiger partial charge is 0.229 e. The van der Waals surface area contributed by atoms with E-state index in [1.165, 1.54) is 12.5 Å². The Kier molecular flexibility index (Phi) is 4.55. The maximum atomic E-state index is 11.2. The quantitative estimate of drug-likeness (QED) is 0.908. The van der Waals surface area contributed by atoms with Gasteiger partial charge in [-0.2, -0.15) is 0 Å². The minimum atomic E-state index is -0.153. The maximum Gasteiger partial charge on any atom is 0.229 e. The van der Waals surface area contributed by atoms with Crippen LogP contribution in [0.15, 0.2) is 18.5 Å². The first-order valence-corrected chi connectivity index (χ1v) is 9.08. The minimum absolute atomic E-state index is 0.153. The van der Waals surface area contributed by atoms with Gasteiger partial charge < -0.3 is 4.74 Å². The highest BCUT2D eigenvalue weighted by atomic mass is 16.5. The first kappa shape index (κ1) is 16.9. The zero-order chi connectivity index (χ0) is 18.1. The van der Waals surface area contributed by atoms with Gasteiger partial charge in [-0.25, -0.2) is 9.97 Å². The highest BCUT2D eigenvalue weighted by molar-refractivity contribution is 5.86. The largest absolute Gasteiger partial charge is 0.491 e. The molecule has 0 aliphatic carbocycles. The molecular weight excluding hydrogens is 330 g/mol. The van der Waals surface area contributed by atoms with E-state index < -0.39 is 0 Å². The van der Waals surface area contributed by atoms with Crippen molar-refractivity contribution in [3.8, 4) is 5.75 Å². The third-order valence-electron chi connectivity index (χ3n) is 5.12. The summed E-state index contributed by atoms with van der Waals surface area (Å²) < 4.78 is 5.66. The highest BCUT2D eigenvalue weighted by Gasteiger charge is 2.23. The Morgan fingerprint density at radius 3 is 2.88 bits per heavy atom. The van der Waals surface area contributed by atoms with E-state index in [0.717, 1.165) is 61.7 Å². The molecule has 0 bridgehead atoms. The second-order valence-corrected chi connectivity index (χ2v) is 6.87. The Hall–Kier alpha value is -2.54. The van der Waals surface area contributed by atoms with Crippen molar-refractivity contribution in [2.24, 2.45) is 0 Å². The van der Waals surface area contributed by atoms with Gasteiger partial charge in [-0.1, -0.05) is 0 Å². The van der Waals surface area contributed by atoms with Gasteiger partial charge in [-0.3, -0.25) is 20.0 Å². The van der Waals surface area contributed by atoms with Crippen LogP contribution in [0.2, 0.25) is 0 Å². The summed E-state index contributed by atoms with van der Waals surface area (Å²) in [6.45, 7) is 6.25. The van der Waals surface area contributed by atoms with Gasteiger partial charge in [0.25, 0.3) is 0 Å². The number of anilines is 1. The Morgan fingerprint density at radius 2 is 2.04 bits per heavy atom. The SMILES string of the molecule is CC(=O)Nc1ncc2c(n1)CCN(C(C)c1cnc3c(c1)OCC3)CC2. The van der Waals surface area contributed by atoms with Gasteiger partial charge in [0.15, 0.2) is 0 Å². The van der Waals surface area contributed by atoms with Crippen molar-refractivity contribution >= 4 is 11.9 Å². The number of ether oxygens (including phenoxy) is 1. The Bertz CT molecular complexity index is 839. The lowest BCUT2D eigenvalue weighted by Gasteiger charge is -2.27. The van der Waals surface area contributed by atoms with Crippen LogP contribution in [0.5, 0.6) is 5.75 Å². The van der Waals surface area contributed by atoms with Crippen molar-refractivity contribution in [2.45, 2.75) is 39.2 Å². The molecule has 7 nitrogen and oxygen atoms in total. The molecule has 1 N–H and O–H groups in total. The third kappa shape index (κ3) is 3.39. The van der Waals surface area contributed by atoms with Crippen LogP contribution in [-0.2, 0) is 24.1 Å². The van der Waals surface area contributed by atoms with Gasteiger partial charge in [-0.05, 0) is 30.5 Å². The third-order valence-corrected chi connectivity index (χ3v) is 5.12. The summed E-state index contributed by atoms with van der Waals surface area (Å²) in [5, 5.41) is 2.66. The van der Waals surface area contributed by atoms with Crippen molar-refractivity contribution in [3.63, 3.8) is 0 Å². The summed E-state index contributed by atoms with van der Waals surface area (Å²) in [4.78, 5) is 27.0. The second-order valence-electron chi connectivity index (χ2n) is 6.87. The molecule has 2 aliphatic heterocycles. The summed E-state index contributed by atoms with van der Waals surface area (Å²) in [6, 6.07) is 2.39. The second kappa shape index (κ2) is 6.99. The van der Waals surface area contributed by atoms with Gasteiger partial charge in [-0.15, -0.1) is 0 Å². The van der Waals surface area contributed by atoms with Gasteiger partial charge in [0, 0.05) is 51.3 Å². The van der Waals surface area contributed by atoms with E-state index in [9.17, 15) is 4.79 Å². The summed E-state index contributed by atoms with van der Waals surface area (Å²) >= 11 is 0. The fourth-order valence-corrected chi connectivity index (χ4v) is 3.60. The monoisotopic (exact) mass is 353 g/mol. The fourth-order valence-electron chi connectivity index (χ4n) is 3.60. The van der Waals surface area contributed by atoms with Gasteiger partial charge in [0.1, 0.15) is 5.75 Å². The van der Waals surface area contributed by atoms with Gasteiger partial charge >= 0.3 is 0 Å². The number of hydrogen-bond donors (Lipinski definition) is 1. The van der Waals surface area contributed by atoms with Crippen LogP contribution in [0.3, 0.4) is 0 Å². The number of hydrogen-bond acceptors (Lipinski definition) is 6. The molecule has 0 spiro atoms. The van der Waals surface area contributed by atoms with Crippen LogP contribution in [0.4, 0.5) is 5.95 Å². The molecule has 1 unspecified atom stereocenters. The van der Waals surface area contributed by atoms with Crippen molar-refractivity contribution in [1.82, 2.24) is 19.9 Å². The maximum absolute atomic E-state index is 11.2. The van der Waals surface area contributed by atoms with Crippen molar-refractivity contribution in [2.75, 3.05) is 25.0 Å². The van der Waals surface area contributed by atoms with Crippen LogP contribution in [-0.4, -0.2) is 45.5 Å². The van der Waals surface area contributed by atoms with E-state index in [2.05, 4.69) is 38.2 Å². The fraction of sp³-hybridized carbons (Fsp3) is 0.474. The summed E-state index contributed by atoms with van der Waals surface area (Å²) in [7, 11) is 0. The number of nitrogens with one attached hydrogen (secondary N) is 1. The molecule has 0 saturated heterocycles. The van der Waals surface area contributed by atoms with Crippen LogP contribution >= 0.6 is 0 Å². The Balaban J connectivity index is 1.49. The van der Waals surface area contributed by atoms with E-state index in [-0.39, 0.29) is 11.9 Å². The van der Waals surface area contributed by atoms with Gasteiger partial charge in [0.2, 0.25) is 11.9 Å². The number of amides is 1. The molecule has 0 saturated carbocycles. The Labute approximate surface area is 152 Å². The van der Waals surface area contributed by atoms with E-state index in [0.29, 0.717) is 5.95 Å². The molecule has 2 aliphatic rings. The molecule has 2 aromatic heterocycles. The minimum Gasteiger partial charge on any atom is -0.491 e. The molecule has 1 atom stereocenters.